The van der Waals surface area contributed by atoms with Crippen LogP contribution in [0.1, 0.15) is 23.8 Å². The molecule has 29 heavy (non-hydrogen) atoms. The van der Waals surface area contributed by atoms with Crippen molar-refractivity contribution in [1.29, 1.82) is 0 Å². The standard InChI is InChI=1S/C19H21N5O4S/c1-13-11-15(24-21-8-9-22-24)3-4-16(13)14-7-10-23(18(26)12-14)19(29(2,27)28)6-5-17(20)25/h3-4,7-12,19H,5-6H2,1-2H3,(H2,20,25). The summed E-state index contributed by atoms with van der Waals surface area (Å²) in [5.74, 6) is -0.620. The molecule has 2 aromatic heterocycles. The largest absolute Gasteiger partial charge is 0.370 e. The Morgan fingerprint density at radius 1 is 1.17 bits per heavy atom. The van der Waals surface area contributed by atoms with E-state index in [2.05, 4.69) is 10.2 Å². The van der Waals surface area contributed by atoms with Gasteiger partial charge in [0.25, 0.3) is 5.56 Å². The van der Waals surface area contributed by atoms with Crippen molar-refractivity contribution in [3.63, 3.8) is 0 Å². The summed E-state index contributed by atoms with van der Waals surface area (Å²) in [6.07, 6.45) is 5.45. The second-order valence-corrected chi connectivity index (χ2v) is 8.97. The number of rotatable bonds is 7. The van der Waals surface area contributed by atoms with Crippen LogP contribution in [0, 0.1) is 6.92 Å². The van der Waals surface area contributed by atoms with Gasteiger partial charge in [0.15, 0.2) is 9.84 Å². The number of aryl methyl sites for hydroxylation is 1. The molecule has 152 valence electrons. The van der Waals surface area contributed by atoms with E-state index in [1.165, 1.54) is 17.1 Å². The molecule has 0 aliphatic rings. The van der Waals surface area contributed by atoms with Gasteiger partial charge in [-0.05, 0) is 48.2 Å². The van der Waals surface area contributed by atoms with Crippen LogP contribution in [0.5, 0.6) is 0 Å². The van der Waals surface area contributed by atoms with Crippen molar-refractivity contribution in [2.75, 3.05) is 6.26 Å². The number of primary amides is 1. The van der Waals surface area contributed by atoms with Gasteiger partial charge in [0.2, 0.25) is 5.91 Å². The van der Waals surface area contributed by atoms with Gasteiger partial charge in [-0.25, -0.2) is 8.42 Å². The fourth-order valence-corrected chi connectivity index (χ4v) is 4.30. The highest BCUT2D eigenvalue weighted by Gasteiger charge is 2.24. The number of hydrogen-bond donors (Lipinski definition) is 1. The Morgan fingerprint density at radius 3 is 2.41 bits per heavy atom. The summed E-state index contributed by atoms with van der Waals surface area (Å²) >= 11 is 0. The van der Waals surface area contributed by atoms with Gasteiger partial charge >= 0.3 is 0 Å². The molecule has 1 amide bonds. The van der Waals surface area contributed by atoms with Crippen LogP contribution in [-0.2, 0) is 14.6 Å². The van der Waals surface area contributed by atoms with Gasteiger partial charge in [0.1, 0.15) is 5.37 Å². The van der Waals surface area contributed by atoms with Crippen molar-refractivity contribution in [2.24, 2.45) is 5.73 Å². The highest BCUT2D eigenvalue weighted by molar-refractivity contribution is 7.90. The van der Waals surface area contributed by atoms with E-state index in [1.54, 1.807) is 18.5 Å². The molecule has 0 bridgehead atoms. The molecule has 3 aromatic rings. The Hall–Kier alpha value is -3.27. The molecule has 0 saturated carbocycles. The first-order valence-electron chi connectivity index (χ1n) is 8.84. The van der Waals surface area contributed by atoms with Crippen LogP contribution in [-0.4, -0.2) is 40.1 Å². The molecule has 0 radical (unpaired) electrons. The average molecular weight is 415 g/mol. The molecule has 0 aliphatic heterocycles. The van der Waals surface area contributed by atoms with Gasteiger partial charge < -0.3 is 5.73 Å². The molecule has 1 aromatic carbocycles. The topological polar surface area (TPSA) is 130 Å². The number of nitrogens with zero attached hydrogens (tertiary/aromatic N) is 4. The third-order valence-electron chi connectivity index (χ3n) is 4.56. The van der Waals surface area contributed by atoms with E-state index in [9.17, 15) is 18.0 Å². The molecule has 0 spiro atoms. The summed E-state index contributed by atoms with van der Waals surface area (Å²) in [6, 6.07) is 8.65. The maximum absolute atomic E-state index is 12.7. The lowest BCUT2D eigenvalue weighted by Gasteiger charge is -2.18. The molecule has 3 rings (SSSR count). The van der Waals surface area contributed by atoms with Crippen molar-refractivity contribution >= 4 is 15.7 Å². The Balaban J connectivity index is 1.97. The zero-order valence-corrected chi connectivity index (χ0v) is 16.8. The summed E-state index contributed by atoms with van der Waals surface area (Å²) in [5, 5.41) is 7.03. The second-order valence-electron chi connectivity index (χ2n) is 6.77. The third-order valence-corrected chi connectivity index (χ3v) is 6.01. The van der Waals surface area contributed by atoms with E-state index in [0.29, 0.717) is 5.56 Å². The number of hydrogen-bond acceptors (Lipinski definition) is 6. The van der Waals surface area contributed by atoms with E-state index < -0.39 is 26.7 Å². The number of carbonyl (C=O) groups excluding carboxylic acids is 1. The summed E-state index contributed by atoms with van der Waals surface area (Å²) in [5.41, 5.74) is 7.84. The Labute approximate surface area is 167 Å². The molecule has 0 aliphatic carbocycles. The van der Waals surface area contributed by atoms with Crippen molar-refractivity contribution in [3.05, 3.63) is 64.8 Å². The van der Waals surface area contributed by atoms with Crippen LogP contribution < -0.4 is 11.3 Å². The second kappa shape index (κ2) is 8.00. The van der Waals surface area contributed by atoms with Crippen molar-refractivity contribution < 1.29 is 13.2 Å². The summed E-state index contributed by atoms with van der Waals surface area (Å²) in [7, 11) is -3.61. The minimum absolute atomic E-state index is 0.0575. The smallest absolute Gasteiger partial charge is 0.252 e. The molecule has 9 nitrogen and oxygen atoms in total. The minimum Gasteiger partial charge on any atom is -0.370 e. The Bertz CT molecular complexity index is 1200. The van der Waals surface area contributed by atoms with Crippen molar-refractivity contribution in [1.82, 2.24) is 19.6 Å². The van der Waals surface area contributed by atoms with Crippen LogP contribution in [0.15, 0.2) is 53.7 Å². The fraction of sp³-hybridized carbons (Fsp3) is 0.263. The summed E-state index contributed by atoms with van der Waals surface area (Å²) in [6.45, 7) is 1.90. The number of benzene rings is 1. The monoisotopic (exact) mass is 415 g/mol. The van der Waals surface area contributed by atoms with Crippen LogP contribution in [0.2, 0.25) is 0 Å². The lowest BCUT2D eigenvalue weighted by Crippen LogP contribution is -2.30. The molecule has 10 heteroatoms. The molecule has 1 atom stereocenters. The Morgan fingerprint density at radius 2 is 1.86 bits per heavy atom. The summed E-state index contributed by atoms with van der Waals surface area (Å²) < 4.78 is 25.4. The minimum atomic E-state index is -3.61. The molecular weight excluding hydrogens is 394 g/mol. The lowest BCUT2D eigenvalue weighted by molar-refractivity contribution is -0.118. The van der Waals surface area contributed by atoms with E-state index in [1.807, 2.05) is 25.1 Å². The molecular formula is C19H21N5O4S. The highest BCUT2D eigenvalue weighted by Crippen LogP contribution is 2.25. The number of nitrogens with two attached hydrogens (primary N) is 1. The number of sulfone groups is 1. The van der Waals surface area contributed by atoms with Crippen LogP contribution in [0.3, 0.4) is 0 Å². The number of aromatic nitrogens is 4. The predicted molar refractivity (Wildman–Crippen MR) is 108 cm³/mol. The zero-order valence-electron chi connectivity index (χ0n) is 16.0. The molecule has 0 saturated heterocycles. The average Bonchev–Trinajstić information content (AvgIpc) is 3.16. The zero-order chi connectivity index (χ0) is 21.2. The third kappa shape index (κ3) is 4.60. The van der Waals surface area contributed by atoms with Crippen LogP contribution in [0.4, 0.5) is 0 Å². The van der Waals surface area contributed by atoms with Gasteiger partial charge in [-0.15, -0.1) is 0 Å². The first-order valence-corrected chi connectivity index (χ1v) is 10.8. The van der Waals surface area contributed by atoms with Crippen LogP contribution >= 0.6 is 0 Å². The number of pyridine rings is 1. The maximum atomic E-state index is 12.7. The first kappa shape index (κ1) is 20.5. The number of carbonyl (C=O) groups is 1. The van der Waals surface area contributed by atoms with Crippen molar-refractivity contribution in [2.45, 2.75) is 25.1 Å². The molecule has 2 N–H and O–H groups in total. The predicted octanol–water partition coefficient (Wildman–Crippen LogP) is 1.21. The van der Waals surface area contributed by atoms with E-state index in [4.69, 9.17) is 5.73 Å². The molecule has 1 unspecified atom stereocenters. The normalized spacial score (nSPS) is 12.6. The lowest BCUT2D eigenvalue weighted by atomic mass is 10.0. The van der Waals surface area contributed by atoms with Crippen LogP contribution in [0.25, 0.3) is 16.8 Å². The van der Waals surface area contributed by atoms with Gasteiger partial charge in [-0.3, -0.25) is 14.2 Å². The quantitative estimate of drug-likeness (QED) is 0.617. The maximum Gasteiger partial charge on any atom is 0.252 e. The highest BCUT2D eigenvalue weighted by atomic mass is 32.2. The van der Waals surface area contributed by atoms with Gasteiger partial charge in [-0.1, -0.05) is 6.07 Å². The van der Waals surface area contributed by atoms with Gasteiger partial charge in [0, 0.05) is 24.9 Å². The first-order chi connectivity index (χ1) is 13.7. The SMILES string of the molecule is Cc1cc(-n2nccn2)ccc1-c1ccn(C(CCC(N)=O)S(C)(=O)=O)c(=O)c1. The molecule has 2 heterocycles. The van der Waals surface area contributed by atoms with E-state index in [0.717, 1.165) is 27.6 Å². The fourth-order valence-electron chi connectivity index (χ4n) is 3.17. The summed E-state index contributed by atoms with van der Waals surface area (Å²) in [4.78, 5) is 25.2. The number of amides is 1. The Kier molecular flexibility index (Phi) is 5.64. The molecule has 0 fully saturated rings. The van der Waals surface area contributed by atoms with E-state index >= 15 is 0 Å². The van der Waals surface area contributed by atoms with Gasteiger partial charge in [0.05, 0.1) is 18.1 Å². The van der Waals surface area contributed by atoms with Crippen molar-refractivity contribution in [3.8, 4) is 16.8 Å². The van der Waals surface area contributed by atoms with Gasteiger partial charge in [-0.2, -0.15) is 15.0 Å². The van der Waals surface area contributed by atoms with E-state index in [-0.39, 0.29) is 12.8 Å².